The third kappa shape index (κ3) is 3.59. The number of aliphatic hydroxyl groups is 2. The predicted molar refractivity (Wildman–Crippen MR) is 67.2 cm³/mol. The average molecular weight is 323 g/mol. The fraction of sp³-hybridized carbons (Fsp3) is 0.556. The summed E-state index contributed by atoms with van der Waals surface area (Å²) in [5.74, 6) is -0.981. The molecule has 0 unspecified atom stereocenters. The first-order valence-electron chi connectivity index (χ1n) is 5.79. The SMILES string of the molecule is Nc1nc(=O)n([C@H]2C[C@H](O)[C@@H](CO)O2)cc1OP(=O)(O)O. The van der Waals surface area contributed by atoms with E-state index < -0.39 is 50.1 Å². The van der Waals surface area contributed by atoms with Crippen LogP contribution < -0.4 is 15.9 Å². The Balaban J connectivity index is 2.34. The molecule has 21 heavy (non-hydrogen) atoms. The molecular weight excluding hydrogens is 309 g/mol. The van der Waals surface area contributed by atoms with Crippen LogP contribution in [0.3, 0.4) is 0 Å². The lowest BCUT2D eigenvalue weighted by molar-refractivity contribution is -0.0459. The topological polar surface area (TPSA) is 177 Å². The molecule has 0 amide bonds. The van der Waals surface area contributed by atoms with Crippen molar-refractivity contribution in [1.29, 1.82) is 0 Å². The molecule has 1 fully saturated rings. The van der Waals surface area contributed by atoms with E-state index in [0.29, 0.717) is 0 Å². The summed E-state index contributed by atoms with van der Waals surface area (Å²) in [5, 5.41) is 18.6. The smallest absolute Gasteiger partial charge is 0.399 e. The van der Waals surface area contributed by atoms with Gasteiger partial charge >= 0.3 is 13.5 Å². The Morgan fingerprint density at radius 3 is 2.76 bits per heavy atom. The lowest BCUT2D eigenvalue weighted by Gasteiger charge is -2.16. The Labute approximate surface area is 117 Å². The fourth-order valence-corrected chi connectivity index (χ4v) is 2.32. The number of rotatable bonds is 4. The number of hydrogen-bond donors (Lipinski definition) is 5. The summed E-state index contributed by atoms with van der Waals surface area (Å²) in [4.78, 5) is 32.6. The van der Waals surface area contributed by atoms with Crippen LogP contribution in [0.25, 0.3) is 0 Å². The van der Waals surface area contributed by atoms with Crippen LogP contribution in [0.5, 0.6) is 5.75 Å². The van der Waals surface area contributed by atoms with Gasteiger partial charge in [-0.15, -0.1) is 0 Å². The van der Waals surface area contributed by atoms with Gasteiger partial charge in [0.25, 0.3) is 0 Å². The van der Waals surface area contributed by atoms with Crippen LogP contribution >= 0.6 is 7.82 Å². The summed E-state index contributed by atoms with van der Waals surface area (Å²) in [5.41, 5.74) is 4.51. The standard InChI is InChI=1S/C9H14N3O8P/c10-8-5(20-21(16,17)18)2-12(9(15)11-8)7-1-4(14)6(3-13)19-7/h2,4,6-7,13-14H,1,3H2,(H2,10,11,15)(H2,16,17,18)/t4-,6+,7+/m0/s1. The van der Waals surface area contributed by atoms with Crippen LogP contribution in [-0.2, 0) is 9.30 Å². The van der Waals surface area contributed by atoms with Crippen molar-refractivity contribution in [3.05, 3.63) is 16.7 Å². The first-order chi connectivity index (χ1) is 9.71. The van der Waals surface area contributed by atoms with E-state index in [-0.39, 0.29) is 6.42 Å². The Morgan fingerprint density at radius 1 is 1.57 bits per heavy atom. The van der Waals surface area contributed by atoms with Gasteiger partial charge in [-0.25, -0.2) is 9.36 Å². The number of nitrogens with two attached hydrogens (primary N) is 1. The van der Waals surface area contributed by atoms with E-state index in [0.717, 1.165) is 10.8 Å². The van der Waals surface area contributed by atoms with Crippen molar-refractivity contribution in [2.45, 2.75) is 24.9 Å². The molecule has 1 aromatic heterocycles. The van der Waals surface area contributed by atoms with Crippen LogP contribution in [-0.4, -0.2) is 48.4 Å². The molecule has 0 radical (unpaired) electrons. The van der Waals surface area contributed by atoms with Crippen molar-refractivity contribution >= 4 is 13.6 Å². The number of phosphoric ester groups is 1. The highest BCUT2D eigenvalue weighted by atomic mass is 31.2. The lowest BCUT2D eigenvalue weighted by Crippen LogP contribution is -2.28. The summed E-state index contributed by atoms with van der Waals surface area (Å²) in [6.45, 7) is -0.444. The van der Waals surface area contributed by atoms with Crippen LogP contribution in [0.2, 0.25) is 0 Å². The maximum atomic E-state index is 11.7. The van der Waals surface area contributed by atoms with Crippen LogP contribution in [0.15, 0.2) is 11.0 Å². The van der Waals surface area contributed by atoms with Crippen LogP contribution in [0, 0.1) is 0 Å². The minimum absolute atomic E-state index is 0.00786. The Bertz CT molecular complexity index is 628. The number of nitrogen functional groups attached to an aromatic ring is 1. The zero-order valence-electron chi connectivity index (χ0n) is 10.6. The number of hydrogen-bond acceptors (Lipinski definition) is 8. The highest BCUT2D eigenvalue weighted by molar-refractivity contribution is 7.46. The van der Waals surface area contributed by atoms with Gasteiger partial charge in [-0.05, 0) is 0 Å². The van der Waals surface area contributed by atoms with Crippen LogP contribution in [0.1, 0.15) is 12.6 Å². The zero-order chi connectivity index (χ0) is 15.8. The fourth-order valence-electron chi connectivity index (χ4n) is 1.92. The lowest BCUT2D eigenvalue weighted by atomic mass is 10.2. The number of aliphatic hydroxyl groups excluding tert-OH is 2. The normalized spacial score (nSPS) is 26.0. The van der Waals surface area contributed by atoms with E-state index in [1.54, 1.807) is 0 Å². The summed E-state index contributed by atoms with van der Waals surface area (Å²) < 4.78 is 21.3. The van der Waals surface area contributed by atoms with Gasteiger partial charge in [-0.3, -0.25) is 14.4 Å². The number of aromatic nitrogens is 2. The number of anilines is 1. The highest BCUT2D eigenvalue weighted by Gasteiger charge is 2.35. The summed E-state index contributed by atoms with van der Waals surface area (Å²) in [6.07, 6.45) is -1.90. The Kier molecular flexibility index (Phi) is 4.33. The van der Waals surface area contributed by atoms with Gasteiger partial charge in [0, 0.05) is 6.42 Å². The molecule has 1 aliphatic rings. The molecule has 0 bridgehead atoms. The quantitative estimate of drug-likeness (QED) is 0.387. The summed E-state index contributed by atoms with van der Waals surface area (Å²) in [7, 11) is -4.88. The third-order valence-corrected chi connectivity index (χ3v) is 3.29. The molecule has 0 aliphatic carbocycles. The highest BCUT2D eigenvalue weighted by Crippen LogP contribution is 2.39. The molecule has 11 nitrogen and oxygen atoms in total. The summed E-state index contributed by atoms with van der Waals surface area (Å²) in [6, 6.07) is 0. The van der Waals surface area contributed by atoms with Crippen molar-refractivity contribution in [3.63, 3.8) is 0 Å². The molecule has 3 atom stereocenters. The second kappa shape index (κ2) is 5.72. The Morgan fingerprint density at radius 2 is 2.24 bits per heavy atom. The first-order valence-corrected chi connectivity index (χ1v) is 7.32. The second-order valence-electron chi connectivity index (χ2n) is 4.38. The minimum atomic E-state index is -4.88. The van der Waals surface area contributed by atoms with Crippen molar-refractivity contribution in [2.75, 3.05) is 12.3 Å². The molecule has 1 aromatic rings. The van der Waals surface area contributed by atoms with Crippen molar-refractivity contribution in [1.82, 2.24) is 9.55 Å². The molecular formula is C9H14N3O8P. The molecule has 2 heterocycles. The molecule has 6 N–H and O–H groups in total. The van der Waals surface area contributed by atoms with Crippen molar-refractivity contribution in [3.8, 4) is 5.75 Å². The van der Waals surface area contributed by atoms with E-state index in [4.69, 9.17) is 25.4 Å². The maximum Gasteiger partial charge on any atom is 0.524 e. The second-order valence-corrected chi connectivity index (χ2v) is 5.54. The third-order valence-electron chi connectivity index (χ3n) is 2.86. The van der Waals surface area contributed by atoms with Gasteiger partial charge in [0.15, 0.2) is 11.6 Å². The molecule has 1 saturated heterocycles. The molecule has 0 spiro atoms. The van der Waals surface area contributed by atoms with E-state index in [1.165, 1.54) is 0 Å². The van der Waals surface area contributed by atoms with Crippen molar-refractivity contribution < 1.29 is 33.8 Å². The number of phosphoric acid groups is 1. The van der Waals surface area contributed by atoms with Gasteiger partial charge < -0.3 is 25.2 Å². The molecule has 1 aliphatic heterocycles. The van der Waals surface area contributed by atoms with Gasteiger partial charge in [0.2, 0.25) is 0 Å². The molecule has 12 heteroatoms. The summed E-state index contributed by atoms with van der Waals surface area (Å²) >= 11 is 0. The van der Waals surface area contributed by atoms with E-state index in [2.05, 4.69) is 9.51 Å². The number of ether oxygens (including phenoxy) is 1. The predicted octanol–water partition coefficient (Wildman–Crippen LogP) is -2.06. The molecule has 118 valence electrons. The molecule has 0 saturated carbocycles. The zero-order valence-corrected chi connectivity index (χ0v) is 11.5. The van der Waals surface area contributed by atoms with E-state index in [1.807, 2.05) is 0 Å². The van der Waals surface area contributed by atoms with Gasteiger partial charge in [-0.1, -0.05) is 0 Å². The maximum absolute atomic E-state index is 11.7. The monoisotopic (exact) mass is 323 g/mol. The van der Waals surface area contributed by atoms with E-state index in [9.17, 15) is 14.5 Å². The van der Waals surface area contributed by atoms with Crippen LogP contribution in [0.4, 0.5) is 5.82 Å². The van der Waals surface area contributed by atoms with Crippen molar-refractivity contribution in [2.24, 2.45) is 0 Å². The molecule has 2 rings (SSSR count). The van der Waals surface area contributed by atoms with E-state index >= 15 is 0 Å². The largest absolute Gasteiger partial charge is 0.524 e. The average Bonchev–Trinajstić information content (AvgIpc) is 2.72. The van der Waals surface area contributed by atoms with Gasteiger partial charge in [-0.2, -0.15) is 4.98 Å². The number of nitrogens with zero attached hydrogens (tertiary/aromatic N) is 2. The minimum Gasteiger partial charge on any atom is -0.399 e. The first kappa shape index (κ1) is 15.9. The van der Waals surface area contributed by atoms with Gasteiger partial charge in [0.05, 0.1) is 18.9 Å². The Hall–Kier alpha value is -1.49. The van der Waals surface area contributed by atoms with Gasteiger partial charge in [0.1, 0.15) is 12.3 Å². The molecule has 0 aromatic carbocycles.